The number of carbonyl (C=O) groups is 1. The molecule has 6 atom stereocenters. The van der Waals surface area contributed by atoms with Crippen LogP contribution in [0.1, 0.15) is 47.8 Å². The number of hydrogen-bond donors (Lipinski definition) is 3. The summed E-state index contributed by atoms with van der Waals surface area (Å²) in [6.45, 7) is 9.93. The third kappa shape index (κ3) is 7.49. The number of carbonyl (C=O) groups excluding carboxylic acids is 1. The van der Waals surface area contributed by atoms with Crippen molar-refractivity contribution in [1.29, 1.82) is 0 Å². The number of ether oxygens (including phenoxy) is 3. The average Bonchev–Trinajstić information content (AvgIpc) is 3.52. The van der Waals surface area contributed by atoms with Gasteiger partial charge in [0.05, 0.1) is 26.1 Å². The van der Waals surface area contributed by atoms with Crippen LogP contribution in [0.4, 0.5) is 10.3 Å². The van der Waals surface area contributed by atoms with Gasteiger partial charge in [0.25, 0.3) is 0 Å². The molecule has 254 valence electrons. The SMILES string of the molecule is CCOc1nc(N)nc2c1ncn2C1OC(COP(=O)(NC(C)C(=O)OCC(C)(C)C)Oc2cccc3ccccc23)C(F)C1(C)O. The van der Waals surface area contributed by atoms with Gasteiger partial charge in [-0.3, -0.25) is 13.9 Å². The number of benzene rings is 2. The lowest BCUT2D eigenvalue weighted by Gasteiger charge is -2.26. The van der Waals surface area contributed by atoms with Crippen molar-refractivity contribution in [1.82, 2.24) is 24.6 Å². The van der Waals surface area contributed by atoms with Gasteiger partial charge < -0.3 is 29.6 Å². The van der Waals surface area contributed by atoms with Crippen molar-refractivity contribution in [3.8, 4) is 11.6 Å². The van der Waals surface area contributed by atoms with E-state index < -0.39 is 50.5 Å². The smallest absolute Gasteiger partial charge is 0.459 e. The van der Waals surface area contributed by atoms with Crippen molar-refractivity contribution < 1.29 is 42.1 Å². The minimum absolute atomic E-state index is 0.120. The van der Waals surface area contributed by atoms with Crippen LogP contribution in [0.2, 0.25) is 0 Å². The predicted octanol–water partition coefficient (Wildman–Crippen LogP) is 4.72. The molecule has 1 aliphatic rings. The van der Waals surface area contributed by atoms with Crippen LogP contribution in [0.5, 0.6) is 11.6 Å². The first-order chi connectivity index (χ1) is 22.1. The Kier molecular flexibility index (Phi) is 9.76. The number of fused-ring (bicyclic) bond motifs is 2. The summed E-state index contributed by atoms with van der Waals surface area (Å²) < 4.78 is 60.1. The molecule has 0 aliphatic carbocycles. The van der Waals surface area contributed by atoms with Gasteiger partial charge in [-0.1, -0.05) is 57.2 Å². The van der Waals surface area contributed by atoms with E-state index in [1.165, 1.54) is 24.7 Å². The molecule has 0 saturated carbocycles. The van der Waals surface area contributed by atoms with Crippen LogP contribution in [0.25, 0.3) is 21.9 Å². The summed E-state index contributed by atoms with van der Waals surface area (Å²) in [6.07, 6.45) is -3.52. The normalized spacial score (nSPS) is 23.4. The zero-order chi connectivity index (χ0) is 34.1. The molecule has 2 aromatic carbocycles. The summed E-state index contributed by atoms with van der Waals surface area (Å²) in [5, 5.41) is 15.4. The van der Waals surface area contributed by atoms with Crippen LogP contribution in [-0.2, 0) is 23.4 Å². The lowest BCUT2D eigenvalue weighted by Crippen LogP contribution is -2.42. The average molecular weight is 675 g/mol. The molecule has 0 spiro atoms. The molecule has 1 aliphatic heterocycles. The van der Waals surface area contributed by atoms with Crippen molar-refractivity contribution in [2.24, 2.45) is 5.41 Å². The Bertz CT molecular complexity index is 1790. The van der Waals surface area contributed by atoms with E-state index in [0.717, 1.165) is 5.39 Å². The van der Waals surface area contributed by atoms with Gasteiger partial charge in [0.1, 0.15) is 23.5 Å². The Morgan fingerprint density at radius 3 is 2.68 bits per heavy atom. The van der Waals surface area contributed by atoms with E-state index in [4.69, 9.17) is 29.0 Å². The second-order valence-electron chi connectivity index (χ2n) is 12.7. The fourth-order valence-corrected chi connectivity index (χ4v) is 6.56. The number of esters is 1. The van der Waals surface area contributed by atoms with Crippen molar-refractivity contribution in [3.05, 3.63) is 48.8 Å². The van der Waals surface area contributed by atoms with Gasteiger partial charge in [-0.2, -0.15) is 15.1 Å². The van der Waals surface area contributed by atoms with E-state index in [0.29, 0.717) is 5.39 Å². The number of alkyl halides is 1. The molecule has 14 nitrogen and oxygen atoms in total. The molecule has 47 heavy (non-hydrogen) atoms. The first-order valence-electron chi connectivity index (χ1n) is 15.1. The first kappa shape index (κ1) is 34.5. The van der Waals surface area contributed by atoms with Gasteiger partial charge >= 0.3 is 13.7 Å². The lowest BCUT2D eigenvalue weighted by molar-refractivity contribution is -0.148. The second kappa shape index (κ2) is 13.3. The number of imidazole rings is 1. The highest BCUT2D eigenvalue weighted by molar-refractivity contribution is 7.52. The molecule has 0 amide bonds. The van der Waals surface area contributed by atoms with Crippen molar-refractivity contribution in [3.63, 3.8) is 0 Å². The van der Waals surface area contributed by atoms with E-state index in [9.17, 15) is 14.5 Å². The van der Waals surface area contributed by atoms with Crippen molar-refractivity contribution in [2.75, 3.05) is 25.6 Å². The highest BCUT2D eigenvalue weighted by atomic mass is 31.2. The minimum atomic E-state index is -4.43. The maximum Gasteiger partial charge on any atom is 0.459 e. The monoisotopic (exact) mass is 674 g/mol. The Labute approximate surface area is 271 Å². The van der Waals surface area contributed by atoms with E-state index >= 15 is 4.39 Å². The molecule has 0 radical (unpaired) electrons. The number of nitrogens with one attached hydrogen (secondary N) is 1. The standard InChI is InChI=1S/C31H40FN6O8P/c1-7-42-26-23-25(35-29(33)36-26)38(17-34-23)28-31(6,40)24(32)22(45-28)15-44-47(41,37-18(2)27(39)43-16-30(3,4)5)46-21-14-10-12-19-11-8-9-13-20(19)21/h8-14,17-18,22,24,28,40H,7,15-16H2,1-6H3,(H,37,41)(H2,33,35,36). The third-order valence-electron chi connectivity index (χ3n) is 7.36. The number of aliphatic hydroxyl groups is 1. The highest BCUT2D eigenvalue weighted by Gasteiger charge is 2.55. The topological polar surface area (TPSA) is 182 Å². The van der Waals surface area contributed by atoms with E-state index in [1.807, 2.05) is 39.0 Å². The molecule has 16 heteroatoms. The molecule has 6 unspecified atom stereocenters. The van der Waals surface area contributed by atoms with Crippen LogP contribution >= 0.6 is 7.75 Å². The highest BCUT2D eigenvalue weighted by Crippen LogP contribution is 2.49. The first-order valence-corrected chi connectivity index (χ1v) is 16.7. The largest absolute Gasteiger partial charge is 0.476 e. The number of nitrogen functional groups attached to an aromatic ring is 1. The Hall–Kier alpha value is -3.88. The van der Waals surface area contributed by atoms with Gasteiger partial charge in [0.15, 0.2) is 23.6 Å². The van der Waals surface area contributed by atoms with E-state index in [-0.39, 0.29) is 47.4 Å². The third-order valence-corrected chi connectivity index (χ3v) is 8.99. The van der Waals surface area contributed by atoms with Gasteiger partial charge in [0, 0.05) is 5.39 Å². The zero-order valence-corrected chi connectivity index (χ0v) is 27.9. The summed E-state index contributed by atoms with van der Waals surface area (Å²) >= 11 is 0. The molecule has 3 heterocycles. The van der Waals surface area contributed by atoms with E-state index in [1.54, 1.807) is 31.2 Å². The Morgan fingerprint density at radius 1 is 1.23 bits per heavy atom. The quantitative estimate of drug-likeness (QED) is 0.139. The van der Waals surface area contributed by atoms with Gasteiger partial charge in [-0.25, -0.2) is 13.9 Å². The number of anilines is 1. The number of rotatable bonds is 12. The number of nitrogens with two attached hydrogens (primary N) is 1. The summed E-state index contributed by atoms with van der Waals surface area (Å²) in [5.74, 6) is -0.482. The fourth-order valence-electron chi connectivity index (χ4n) is 5.04. The summed E-state index contributed by atoms with van der Waals surface area (Å²) in [4.78, 5) is 25.3. The molecule has 2 aromatic heterocycles. The number of aromatic nitrogens is 4. The molecule has 0 bridgehead atoms. The molecule has 1 fully saturated rings. The zero-order valence-electron chi connectivity index (χ0n) is 27.0. The predicted molar refractivity (Wildman–Crippen MR) is 171 cm³/mol. The van der Waals surface area contributed by atoms with Crippen LogP contribution in [-0.4, -0.2) is 74.3 Å². The molecule has 1 saturated heterocycles. The minimum Gasteiger partial charge on any atom is -0.476 e. The van der Waals surface area contributed by atoms with Crippen LogP contribution < -0.4 is 20.1 Å². The number of hydrogen-bond acceptors (Lipinski definition) is 12. The van der Waals surface area contributed by atoms with Gasteiger partial charge in [-0.05, 0) is 37.6 Å². The lowest BCUT2D eigenvalue weighted by atomic mass is 9.98. The van der Waals surface area contributed by atoms with Crippen molar-refractivity contribution in [2.45, 2.75) is 71.7 Å². The fraction of sp³-hybridized carbons (Fsp3) is 0.484. The molecule has 4 N–H and O–H groups in total. The molecule has 5 rings (SSSR count). The maximum absolute atomic E-state index is 15.9. The maximum atomic E-state index is 15.9. The van der Waals surface area contributed by atoms with Gasteiger partial charge in [-0.15, -0.1) is 0 Å². The molecular formula is C31H40FN6O8P. The van der Waals surface area contributed by atoms with Crippen molar-refractivity contribution >= 4 is 41.6 Å². The Morgan fingerprint density at radius 2 is 1.96 bits per heavy atom. The van der Waals surface area contributed by atoms with Crippen LogP contribution in [0.3, 0.4) is 0 Å². The molecule has 4 aromatic rings. The van der Waals surface area contributed by atoms with Crippen LogP contribution in [0, 0.1) is 5.41 Å². The van der Waals surface area contributed by atoms with Gasteiger partial charge in [0.2, 0.25) is 11.8 Å². The summed E-state index contributed by atoms with van der Waals surface area (Å²) in [7, 11) is -4.43. The molecular weight excluding hydrogens is 634 g/mol. The Balaban J connectivity index is 1.40. The van der Waals surface area contributed by atoms with E-state index in [2.05, 4.69) is 20.0 Å². The number of nitrogens with zero attached hydrogens (tertiary/aromatic N) is 4. The summed E-state index contributed by atoms with van der Waals surface area (Å²) in [6, 6.07) is 11.3. The van der Waals surface area contributed by atoms with Crippen LogP contribution in [0.15, 0.2) is 48.8 Å². The summed E-state index contributed by atoms with van der Waals surface area (Å²) in [5.41, 5.74) is 3.83. The number of halogens is 1. The second-order valence-corrected chi connectivity index (χ2v) is 14.4.